The SMILES string of the molecule is CCO[Si](C)(CCCN(COC)COC)OCC. The Bertz CT molecular complexity index is 183. The number of ether oxygens (including phenoxy) is 2. The largest absolute Gasteiger partial charge is 0.395 e. The van der Waals surface area contributed by atoms with Crippen LogP contribution >= 0.6 is 0 Å². The Morgan fingerprint density at radius 3 is 1.83 bits per heavy atom. The van der Waals surface area contributed by atoms with Crippen molar-refractivity contribution < 1.29 is 18.3 Å². The van der Waals surface area contributed by atoms with E-state index >= 15 is 0 Å². The van der Waals surface area contributed by atoms with Gasteiger partial charge >= 0.3 is 8.56 Å². The van der Waals surface area contributed by atoms with Crippen LogP contribution in [0, 0.1) is 0 Å². The second-order valence-electron chi connectivity index (χ2n) is 4.33. The molecule has 0 N–H and O–H groups in total. The van der Waals surface area contributed by atoms with Crippen LogP contribution in [0.2, 0.25) is 12.6 Å². The van der Waals surface area contributed by atoms with Gasteiger partial charge in [0.15, 0.2) is 0 Å². The van der Waals surface area contributed by atoms with Crippen LogP contribution in [0.5, 0.6) is 0 Å². The minimum absolute atomic E-state index is 0.593. The summed E-state index contributed by atoms with van der Waals surface area (Å²) in [4.78, 5) is 2.12. The van der Waals surface area contributed by atoms with E-state index in [4.69, 9.17) is 18.3 Å². The van der Waals surface area contributed by atoms with Gasteiger partial charge in [-0.1, -0.05) is 0 Å². The van der Waals surface area contributed by atoms with Crippen molar-refractivity contribution in [3.63, 3.8) is 0 Å². The normalized spacial score (nSPS) is 12.3. The Morgan fingerprint density at radius 1 is 0.944 bits per heavy atom. The summed E-state index contributed by atoms with van der Waals surface area (Å²) in [5.74, 6) is 0. The monoisotopic (exact) mass is 279 g/mol. The number of hydrogen-bond donors (Lipinski definition) is 0. The molecule has 0 rings (SSSR count). The minimum Gasteiger partial charge on any atom is -0.395 e. The first kappa shape index (κ1) is 18.0. The average Bonchev–Trinajstić information content (AvgIpc) is 2.30. The summed E-state index contributed by atoms with van der Waals surface area (Å²) in [6.07, 6.45) is 1.04. The molecule has 0 fully saturated rings. The van der Waals surface area contributed by atoms with Crippen LogP contribution in [-0.4, -0.2) is 60.9 Å². The van der Waals surface area contributed by atoms with Crippen molar-refractivity contribution in [2.75, 3.05) is 47.4 Å². The summed E-state index contributed by atoms with van der Waals surface area (Å²) < 4.78 is 21.9. The fourth-order valence-corrected chi connectivity index (χ4v) is 4.35. The molecule has 0 bridgehead atoms. The molecule has 0 aliphatic rings. The van der Waals surface area contributed by atoms with E-state index in [1.54, 1.807) is 14.2 Å². The number of methoxy groups -OCH3 is 2. The van der Waals surface area contributed by atoms with E-state index in [0.29, 0.717) is 13.5 Å². The van der Waals surface area contributed by atoms with Crippen molar-refractivity contribution in [2.45, 2.75) is 32.9 Å². The third kappa shape index (κ3) is 8.18. The van der Waals surface area contributed by atoms with Gasteiger partial charge in [0.25, 0.3) is 0 Å². The predicted molar refractivity (Wildman–Crippen MR) is 74.8 cm³/mol. The van der Waals surface area contributed by atoms with Crippen molar-refractivity contribution >= 4 is 8.56 Å². The number of rotatable bonds is 12. The molecular formula is C12H29NO4Si. The van der Waals surface area contributed by atoms with E-state index in [1.807, 2.05) is 13.8 Å². The van der Waals surface area contributed by atoms with E-state index < -0.39 is 8.56 Å². The van der Waals surface area contributed by atoms with E-state index in [9.17, 15) is 0 Å². The van der Waals surface area contributed by atoms with Crippen molar-refractivity contribution in [1.29, 1.82) is 0 Å². The van der Waals surface area contributed by atoms with Gasteiger partial charge in [0, 0.05) is 34.0 Å². The van der Waals surface area contributed by atoms with E-state index in [0.717, 1.165) is 32.2 Å². The van der Waals surface area contributed by atoms with Crippen molar-refractivity contribution in [1.82, 2.24) is 4.90 Å². The lowest BCUT2D eigenvalue weighted by Crippen LogP contribution is -2.40. The summed E-state index contributed by atoms with van der Waals surface area (Å²) in [5, 5.41) is 0. The number of hydrogen-bond acceptors (Lipinski definition) is 5. The summed E-state index contributed by atoms with van der Waals surface area (Å²) in [6, 6.07) is 0.999. The molecule has 0 aliphatic heterocycles. The van der Waals surface area contributed by atoms with Gasteiger partial charge in [0.1, 0.15) is 13.5 Å². The Kier molecular flexibility index (Phi) is 10.9. The average molecular weight is 279 g/mol. The first-order chi connectivity index (χ1) is 8.61. The van der Waals surface area contributed by atoms with Gasteiger partial charge in [-0.15, -0.1) is 0 Å². The molecule has 0 atom stereocenters. The predicted octanol–water partition coefficient (Wildman–Crippen LogP) is 2.03. The summed E-state index contributed by atoms with van der Waals surface area (Å²) >= 11 is 0. The zero-order chi connectivity index (χ0) is 13.9. The van der Waals surface area contributed by atoms with Gasteiger partial charge in [-0.05, 0) is 32.9 Å². The lowest BCUT2D eigenvalue weighted by molar-refractivity contribution is -0.0135. The van der Waals surface area contributed by atoms with Crippen molar-refractivity contribution in [3.8, 4) is 0 Å². The molecule has 0 spiro atoms. The van der Waals surface area contributed by atoms with Gasteiger partial charge in [0.2, 0.25) is 0 Å². The highest BCUT2D eigenvalue weighted by atomic mass is 28.4. The maximum Gasteiger partial charge on any atom is 0.334 e. The first-order valence-electron chi connectivity index (χ1n) is 6.60. The molecular weight excluding hydrogens is 250 g/mol. The van der Waals surface area contributed by atoms with Gasteiger partial charge in [-0.3, -0.25) is 4.90 Å². The second kappa shape index (κ2) is 10.9. The molecule has 0 radical (unpaired) electrons. The highest BCUT2D eigenvalue weighted by molar-refractivity contribution is 6.66. The molecule has 0 saturated carbocycles. The molecule has 0 aromatic heterocycles. The van der Waals surface area contributed by atoms with Crippen LogP contribution in [-0.2, 0) is 18.3 Å². The van der Waals surface area contributed by atoms with Crippen LogP contribution in [0.15, 0.2) is 0 Å². The topological polar surface area (TPSA) is 40.2 Å². The molecule has 0 aromatic carbocycles. The van der Waals surface area contributed by atoms with Crippen molar-refractivity contribution in [3.05, 3.63) is 0 Å². The maximum atomic E-state index is 5.81. The molecule has 0 aromatic rings. The quantitative estimate of drug-likeness (QED) is 0.404. The number of nitrogens with zero attached hydrogens (tertiary/aromatic N) is 1. The Hall–Kier alpha value is 0.0169. The smallest absolute Gasteiger partial charge is 0.334 e. The zero-order valence-corrected chi connectivity index (χ0v) is 13.5. The molecule has 6 heteroatoms. The highest BCUT2D eigenvalue weighted by Gasteiger charge is 2.30. The summed E-state index contributed by atoms with van der Waals surface area (Å²) in [6.45, 7) is 9.75. The van der Waals surface area contributed by atoms with Crippen LogP contribution in [0.1, 0.15) is 20.3 Å². The van der Waals surface area contributed by atoms with Crippen LogP contribution in [0.3, 0.4) is 0 Å². The first-order valence-corrected chi connectivity index (χ1v) is 9.12. The Labute approximate surface area is 113 Å². The summed E-state index contributed by atoms with van der Waals surface area (Å²) in [5.41, 5.74) is 0. The lowest BCUT2D eigenvalue weighted by atomic mass is 10.4. The molecule has 0 heterocycles. The highest BCUT2D eigenvalue weighted by Crippen LogP contribution is 2.16. The molecule has 5 nitrogen and oxygen atoms in total. The van der Waals surface area contributed by atoms with E-state index in [1.165, 1.54) is 0 Å². The molecule has 0 saturated heterocycles. The zero-order valence-electron chi connectivity index (χ0n) is 12.5. The molecule has 0 aliphatic carbocycles. The Balaban J connectivity index is 4.01. The molecule has 110 valence electrons. The lowest BCUT2D eigenvalue weighted by Gasteiger charge is -2.27. The van der Waals surface area contributed by atoms with Crippen molar-refractivity contribution in [2.24, 2.45) is 0 Å². The van der Waals surface area contributed by atoms with Gasteiger partial charge in [-0.2, -0.15) is 0 Å². The van der Waals surface area contributed by atoms with E-state index in [-0.39, 0.29) is 0 Å². The van der Waals surface area contributed by atoms with Crippen LogP contribution in [0.4, 0.5) is 0 Å². The third-order valence-electron chi connectivity index (χ3n) is 2.63. The maximum absolute atomic E-state index is 5.81. The van der Waals surface area contributed by atoms with Gasteiger partial charge < -0.3 is 18.3 Å². The van der Waals surface area contributed by atoms with Crippen LogP contribution < -0.4 is 0 Å². The van der Waals surface area contributed by atoms with E-state index in [2.05, 4.69) is 11.4 Å². The minimum atomic E-state index is -1.97. The molecule has 18 heavy (non-hydrogen) atoms. The molecule has 0 amide bonds. The summed E-state index contributed by atoms with van der Waals surface area (Å²) in [7, 11) is 1.42. The molecule has 0 unspecified atom stereocenters. The Morgan fingerprint density at radius 2 is 1.44 bits per heavy atom. The fraction of sp³-hybridized carbons (Fsp3) is 1.00. The van der Waals surface area contributed by atoms with Crippen LogP contribution in [0.25, 0.3) is 0 Å². The standard InChI is InChI=1S/C12H29NO4Si/c1-6-16-18(5,17-7-2)10-8-9-13(11-14-3)12-15-4/h6-12H2,1-5H3. The third-order valence-corrected chi connectivity index (χ3v) is 5.69. The van der Waals surface area contributed by atoms with Gasteiger partial charge in [-0.25, -0.2) is 0 Å². The fourth-order valence-electron chi connectivity index (χ4n) is 1.95. The second-order valence-corrected chi connectivity index (χ2v) is 7.68. The van der Waals surface area contributed by atoms with Gasteiger partial charge in [0.05, 0.1) is 0 Å².